The Morgan fingerprint density at radius 3 is 0.579 bits per heavy atom. The lowest BCUT2D eigenvalue weighted by Gasteiger charge is -2.05. The summed E-state index contributed by atoms with van der Waals surface area (Å²) in [4.78, 5) is 0. The van der Waals surface area contributed by atoms with Crippen molar-refractivity contribution < 1.29 is 0 Å². The quantitative estimate of drug-likeness (QED) is 0.0695. The first kappa shape index (κ1) is 38.7. The van der Waals surface area contributed by atoms with Crippen LogP contribution in [0.1, 0.15) is 206 Å². The van der Waals surface area contributed by atoms with Gasteiger partial charge in [0.1, 0.15) is 0 Å². The molecule has 2 heteroatoms. The van der Waals surface area contributed by atoms with E-state index in [-0.39, 0.29) is 0 Å². The van der Waals surface area contributed by atoms with E-state index in [0.29, 0.717) is 0 Å². The van der Waals surface area contributed by atoms with Crippen molar-refractivity contribution in [1.29, 1.82) is 0 Å². The van der Waals surface area contributed by atoms with Gasteiger partial charge in [-0.1, -0.05) is 181 Å². The second kappa shape index (κ2) is 37.7. The molecule has 0 fully saturated rings. The Morgan fingerprint density at radius 1 is 0.211 bits per heavy atom. The van der Waals surface area contributed by atoms with Crippen molar-refractivity contribution in [2.75, 3.05) is 23.0 Å². The van der Waals surface area contributed by atoms with Crippen LogP contribution in [0.3, 0.4) is 0 Å². The van der Waals surface area contributed by atoms with Gasteiger partial charge >= 0.3 is 0 Å². The van der Waals surface area contributed by atoms with Gasteiger partial charge in [-0.25, -0.2) is 0 Å². The van der Waals surface area contributed by atoms with Crippen molar-refractivity contribution in [2.24, 2.45) is 0 Å². The molecule has 0 rings (SSSR count). The SMILES string of the molecule is CCCCCCCCCCCCCCCCSCCCCSCCCCCCCCCCCCCCCC. The highest BCUT2D eigenvalue weighted by Gasteiger charge is 1.97. The lowest BCUT2D eigenvalue weighted by Crippen LogP contribution is -1.89. The van der Waals surface area contributed by atoms with E-state index in [2.05, 4.69) is 37.4 Å². The second-order valence-electron chi connectivity index (χ2n) is 12.1. The average Bonchev–Trinajstić information content (AvgIpc) is 2.93. The molecule has 0 aromatic heterocycles. The summed E-state index contributed by atoms with van der Waals surface area (Å²) in [5.74, 6) is 5.62. The molecule has 0 unspecified atom stereocenters. The molecular formula is C36H74S2. The van der Waals surface area contributed by atoms with Crippen LogP contribution in [0, 0.1) is 0 Å². The summed E-state index contributed by atoms with van der Waals surface area (Å²) < 4.78 is 0. The van der Waals surface area contributed by atoms with Crippen molar-refractivity contribution in [2.45, 2.75) is 206 Å². The molecule has 0 radical (unpaired) electrons. The molecule has 230 valence electrons. The average molecular weight is 571 g/mol. The molecule has 0 saturated carbocycles. The van der Waals surface area contributed by atoms with Gasteiger partial charge in [0, 0.05) is 0 Å². The highest BCUT2D eigenvalue weighted by atomic mass is 32.2. The Kier molecular flexibility index (Phi) is 38.4. The summed E-state index contributed by atoms with van der Waals surface area (Å²) in [6.07, 6.45) is 44.0. The predicted octanol–water partition coefficient (Wildman–Crippen LogP) is 14.2. The summed E-state index contributed by atoms with van der Waals surface area (Å²) in [6.45, 7) is 4.61. The maximum Gasteiger partial charge on any atom is -0.00672 e. The van der Waals surface area contributed by atoms with Crippen LogP contribution in [0.4, 0.5) is 0 Å². The summed E-state index contributed by atoms with van der Waals surface area (Å²) in [5.41, 5.74) is 0. The second-order valence-corrected chi connectivity index (χ2v) is 14.6. The van der Waals surface area contributed by atoms with E-state index in [0.717, 1.165) is 0 Å². The van der Waals surface area contributed by atoms with Crippen LogP contribution >= 0.6 is 23.5 Å². The highest BCUT2D eigenvalue weighted by molar-refractivity contribution is 7.99. The number of rotatable bonds is 35. The molecule has 0 aliphatic rings. The molecule has 0 amide bonds. The van der Waals surface area contributed by atoms with Gasteiger partial charge in [0.15, 0.2) is 0 Å². The fraction of sp³-hybridized carbons (Fsp3) is 1.00. The first-order valence-corrected chi connectivity index (χ1v) is 20.4. The van der Waals surface area contributed by atoms with E-state index in [4.69, 9.17) is 0 Å². The zero-order valence-corrected chi connectivity index (χ0v) is 28.5. The summed E-state index contributed by atoms with van der Waals surface area (Å²) in [6, 6.07) is 0. The number of unbranched alkanes of at least 4 members (excludes halogenated alkanes) is 27. The maximum atomic E-state index is 2.31. The molecule has 0 aliphatic carbocycles. The molecule has 0 aromatic rings. The Bertz CT molecular complexity index is 348. The largest absolute Gasteiger partial charge is 0.162 e. The van der Waals surface area contributed by atoms with Crippen LogP contribution in [-0.2, 0) is 0 Å². The number of hydrogen-bond acceptors (Lipinski definition) is 2. The smallest absolute Gasteiger partial charge is 0.00672 e. The fourth-order valence-corrected chi connectivity index (χ4v) is 7.45. The molecule has 0 spiro atoms. The molecule has 38 heavy (non-hydrogen) atoms. The molecular weight excluding hydrogens is 497 g/mol. The van der Waals surface area contributed by atoms with Gasteiger partial charge in [0.05, 0.1) is 0 Å². The van der Waals surface area contributed by atoms with E-state index in [9.17, 15) is 0 Å². The van der Waals surface area contributed by atoms with Crippen LogP contribution in [0.5, 0.6) is 0 Å². The number of thioether (sulfide) groups is 2. The minimum Gasteiger partial charge on any atom is -0.162 e. The molecule has 0 N–H and O–H groups in total. The number of hydrogen-bond donors (Lipinski definition) is 0. The van der Waals surface area contributed by atoms with E-state index < -0.39 is 0 Å². The minimum absolute atomic E-state index is 1.37. The Balaban J connectivity index is 3.01. The van der Waals surface area contributed by atoms with Crippen molar-refractivity contribution in [1.82, 2.24) is 0 Å². The molecule has 0 atom stereocenters. The predicted molar refractivity (Wildman–Crippen MR) is 185 cm³/mol. The molecule has 0 heterocycles. The third-order valence-electron chi connectivity index (χ3n) is 8.11. The van der Waals surface area contributed by atoms with Crippen molar-refractivity contribution >= 4 is 23.5 Å². The van der Waals surface area contributed by atoms with Crippen molar-refractivity contribution in [3.63, 3.8) is 0 Å². The molecule has 0 aromatic carbocycles. The summed E-state index contributed by atoms with van der Waals surface area (Å²) in [7, 11) is 0. The zero-order chi connectivity index (χ0) is 27.5. The zero-order valence-electron chi connectivity index (χ0n) is 26.9. The van der Waals surface area contributed by atoms with Gasteiger partial charge < -0.3 is 0 Å². The van der Waals surface area contributed by atoms with Crippen LogP contribution in [-0.4, -0.2) is 23.0 Å². The van der Waals surface area contributed by atoms with Crippen LogP contribution in [0.2, 0.25) is 0 Å². The normalized spacial score (nSPS) is 11.5. The van der Waals surface area contributed by atoms with Crippen molar-refractivity contribution in [3.8, 4) is 0 Å². The van der Waals surface area contributed by atoms with E-state index in [1.54, 1.807) is 0 Å². The molecule has 0 saturated heterocycles. The Morgan fingerprint density at radius 2 is 0.368 bits per heavy atom. The molecule has 0 nitrogen and oxygen atoms in total. The van der Waals surface area contributed by atoms with Gasteiger partial charge in [-0.05, 0) is 48.7 Å². The third kappa shape index (κ3) is 36.7. The highest BCUT2D eigenvalue weighted by Crippen LogP contribution is 2.17. The van der Waals surface area contributed by atoms with Gasteiger partial charge in [-0.3, -0.25) is 0 Å². The first-order valence-electron chi connectivity index (χ1n) is 18.1. The minimum atomic E-state index is 1.37. The van der Waals surface area contributed by atoms with E-state index in [1.165, 1.54) is 216 Å². The summed E-state index contributed by atoms with van der Waals surface area (Å²) in [5, 5.41) is 0. The van der Waals surface area contributed by atoms with Crippen LogP contribution in [0.15, 0.2) is 0 Å². The Hall–Kier alpha value is 0.700. The first-order chi connectivity index (χ1) is 18.9. The van der Waals surface area contributed by atoms with Crippen LogP contribution in [0.25, 0.3) is 0 Å². The fourth-order valence-electron chi connectivity index (χ4n) is 5.41. The van der Waals surface area contributed by atoms with Gasteiger partial charge in [0.25, 0.3) is 0 Å². The van der Waals surface area contributed by atoms with Gasteiger partial charge in [-0.2, -0.15) is 23.5 Å². The van der Waals surface area contributed by atoms with Crippen LogP contribution < -0.4 is 0 Å². The van der Waals surface area contributed by atoms with E-state index in [1.807, 2.05) is 0 Å². The van der Waals surface area contributed by atoms with Gasteiger partial charge in [0.2, 0.25) is 0 Å². The lowest BCUT2D eigenvalue weighted by atomic mass is 10.0. The Labute approximate surface area is 252 Å². The topological polar surface area (TPSA) is 0 Å². The van der Waals surface area contributed by atoms with E-state index >= 15 is 0 Å². The maximum absolute atomic E-state index is 2.31. The lowest BCUT2D eigenvalue weighted by molar-refractivity contribution is 0.538. The monoisotopic (exact) mass is 571 g/mol. The molecule has 0 aliphatic heterocycles. The summed E-state index contributed by atoms with van der Waals surface area (Å²) >= 11 is 4.43. The van der Waals surface area contributed by atoms with Gasteiger partial charge in [-0.15, -0.1) is 0 Å². The standard InChI is InChI=1S/C36H74S2/c1-3-5-7-9-11-13-15-17-19-21-23-25-27-29-33-37-35-31-32-36-38-34-30-28-26-24-22-20-18-16-14-12-10-8-6-4-2/h3-36H2,1-2H3. The third-order valence-corrected chi connectivity index (χ3v) is 10.4. The molecule has 0 bridgehead atoms. The van der Waals surface area contributed by atoms with Crippen molar-refractivity contribution in [3.05, 3.63) is 0 Å².